The minimum absolute atomic E-state index is 0.0155. The molecular formula is C21H29NO4S. The molecule has 0 atom stereocenters. The molecule has 3 fully saturated rings. The summed E-state index contributed by atoms with van der Waals surface area (Å²) in [6.45, 7) is 3.23. The fourth-order valence-electron chi connectivity index (χ4n) is 4.85. The predicted molar refractivity (Wildman–Crippen MR) is 104 cm³/mol. The molecule has 2 aliphatic heterocycles. The van der Waals surface area contributed by atoms with Gasteiger partial charge >= 0.3 is 0 Å². The van der Waals surface area contributed by atoms with E-state index in [1.54, 1.807) is 24.3 Å². The Bertz CT molecular complexity index is 765. The molecule has 0 bridgehead atoms. The minimum atomic E-state index is -3.26. The van der Waals surface area contributed by atoms with E-state index in [9.17, 15) is 13.2 Å². The highest BCUT2D eigenvalue weighted by Gasteiger charge is 2.37. The van der Waals surface area contributed by atoms with Crippen molar-refractivity contribution in [2.45, 2.75) is 61.5 Å². The molecule has 2 saturated heterocycles. The molecule has 2 heterocycles. The first-order valence-corrected chi connectivity index (χ1v) is 11.8. The minimum Gasteiger partial charge on any atom is -0.381 e. The van der Waals surface area contributed by atoms with E-state index in [0.717, 1.165) is 77.7 Å². The summed E-state index contributed by atoms with van der Waals surface area (Å²) in [5.41, 5.74) is 0.942. The van der Waals surface area contributed by atoms with E-state index in [4.69, 9.17) is 4.74 Å². The SMILES string of the molecule is O=C(c1ccc(S(=O)(=O)C2CCCC2)cc1)N1CCC2(CCOCC2)CC1. The van der Waals surface area contributed by atoms with Crippen LogP contribution in [0.1, 0.15) is 61.7 Å². The molecule has 0 unspecified atom stereocenters. The maximum absolute atomic E-state index is 12.8. The number of carbonyl (C=O) groups is 1. The Labute approximate surface area is 162 Å². The summed E-state index contributed by atoms with van der Waals surface area (Å²) < 4.78 is 30.9. The smallest absolute Gasteiger partial charge is 0.253 e. The van der Waals surface area contributed by atoms with Crippen LogP contribution in [0.3, 0.4) is 0 Å². The van der Waals surface area contributed by atoms with Gasteiger partial charge in [-0.2, -0.15) is 0 Å². The van der Waals surface area contributed by atoms with Crippen molar-refractivity contribution in [3.05, 3.63) is 29.8 Å². The van der Waals surface area contributed by atoms with Gasteiger partial charge in [0.25, 0.3) is 5.91 Å². The number of amides is 1. The monoisotopic (exact) mass is 391 g/mol. The molecule has 1 spiro atoms. The number of sulfone groups is 1. The topological polar surface area (TPSA) is 63.7 Å². The molecule has 0 aromatic heterocycles. The van der Waals surface area contributed by atoms with Crippen LogP contribution in [0.15, 0.2) is 29.2 Å². The summed E-state index contributed by atoms with van der Waals surface area (Å²) in [6, 6.07) is 6.60. The average molecular weight is 392 g/mol. The van der Waals surface area contributed by atoms with Gasteiger partial charge in [0.2, 0.25) is 0 Å². The van der Waals surface area contributed by atoms with Crippen LogP contribution in [0.5, 0.6) is 0 Å². The van der Waals surface area contributed by atoms with Gasteiger partial charge in [0.1, 0.15) is 0 Å². The van der Waals surface area contributed by atoms with Crippen LogP contribution in [-0.4, -0.2) is 50.8 Å². The van der Waals surface area contributed by atoms with Crippen LogP contribution >= 0.6 is 0 Å². The van der Waals surface area contributed by atoms with Gasteiger partial charge in [-0.1, -0.05) is 12.8 Å². The lowest BCUT2D eigenvalue weighted by molar-refractivity contribution is -0.0175. The van der Waals surface area contributed by atoms with Gasteiger partial charge in [-0.25, -0.2) is 8.42 Å². The highest BCUT2D eigenvalue weighted by Crippen LogP contribution is 2.40. The van der Waals surface area contributed by atoms with Crippen molar-refractivity contribution >= 4 is 15.7 Å². The zero-order chi connectivity index (χ0) is 18.9. The molecule has 4 rings (SSSR count). The van der Waals surface area contributed by atoms with Crippen LogP contribution in [-0.2, 0) is 14.6 Å². The standard InChI is InChI=1S/C21H29NO4S/c23-20(22-13-9-21(10-14-22)11-15-26-16-12-21)17-5-7-19(8-6-17)27(24,25)18-3-1-2-4-18/h5-8,18H,1-4,9-16H2. The molecule has 1 aromatic carbocycles. The number of nitrogens with zero attached hydrogens (tertiary/aromatic N) is 1. The van der Waals surface area contributed by atoms with Gasteiger partial charge in [0.15, 0.2) is 9.84 Å². The van der Waals surface area contributed by atoms with E-state index in [2.05, 4.69) is 0 Å². The Hall–Kier alpha value is -1.40. The second-order valence-electron chi connectivity index (χ2n) is 8.38. The molecule has 0 radical (unpaired) electrons. The molecule has 1 aliphatic carbocycles. The number of hydrogen-bond acceptors (Lipinski definition) is 4. The van der Waals surface area contributed by atoms with E-state index >= 15 is 0 Å². The first-order chi connectivity index (χ1) is 13.0. The van der Waals surface area contributed by atoms with Gasteiger partial charge in [0, 0.05) is 31.9 Å². The van der Waals surface area contributed by atoms with Gasteiger partial charge < -0.3 is 9.64 Å². The van der Waals surface area contributed by atoms with Crippen molar-refractivity contribution in [3.63, 3.8) is 0 Å². The summed E-state index contributed by atoms with van der Waals surface area (Å²) in [5, 5.41) is -0.253. The number of hydrogen-bond donors (Lipinski definition) is 0. The Morgan fingerprint density at radius 1 is 0.963 bits per heavy atom. The first-order valence-electron chi connectivity index (χ1n) is 10.2. The second-order valence-corrected chi connectivity index (χ2v) is 10.6. The maximum Gasteiger partial charge on any atom is 0.253 e. The van der Waals surface area contributed by atoms with Crippen molar-refractivity contribution in [2.75, 3.05) is 26.3 Å². The zero-order valence-corrected chi connectivity index (χ0v) is 16.7. The fourth-order valence-corrected chi connectivity index (χ4v) is 6.70. The lowest BCUT2D eigenvalue weighted by Crippen LogP contribution is -2.45. The van der Waals surface area contributed by atoms with E-state index < -0.39 is 9.84 Å². The average Bonchev–Trinajstić information content (AvgIpc) is 3.25. The number of likely N-dealkylation sites (tertiary alicyclic amines) is 1. The number of rotatable bonds is 3. The van der Waals surface area contributed by atoms with Crippen molar-refractivity contribution in [1.29, 1.82) is 0 Å². The van der Waals surface area contributed by atoms with Crippen molar-refractivity contribution in [2.24, 2.45) is 5.41 Å². The third kappa shape index (κ3) is 3.79. The van der Waals surface area contributed by atoms with Gasteiger partial charge in [-0.3, -0.25) is 4.79 Å². The molecule has 148 valence electrons. The Kier molecular flexibility index (Phi) is 5.30. The normalized spacial score (nSPS) is 23.6. The summed E-state index contributed by atoms with van der Waals surface area (Å²) in [5.74, 6) is 0.0155. The van der Waals surface area contributed by atoms with E-state index in [-0.39, 0.29) is 11.2 Å². The van der Waals surface area contributed by atoms with Crippen LogP contribution in [0.4, 0.5) is 0 Å². The molecular weight excluding hydrogens is 362 g/mol. The van der Waals surface area contributed by atoms with Gasteiger partial charge in [-0.05, 0) is 68.2 Å². The second kappa shape index (κ2) is 7.55. The first kappa shape index (κ1) is 18.9. The molecule has 1 amide bonds. The lowest BCUT2D eigenvalue weighted by atomic mass is 9.72. The zero-order valence-electron chi connectivity index (χ0n) is 15.9. The Morgan fingerprint density at radius 3 is 2.15 bits per heavy atom. The molecule has 27 heavy (non-hydrogen) atoms. The van der Waals surface area contributed by atoms with Crippen molar-refractivity contribution in [3.8, 4) is 0 Å². The third-order valence-electron chi connectivity index (χ3n) is 6.84. The van der Waals surface area contributed by atoms with Gasteiger partial charge in [-0.15, -0.1) is 0 Å². The molecule has 3 aliphatic rings. The fraction of sp³-hybridized carbons (Fsp3) is 0.667. The van der Waals surface area contributed by atoms with E-state index in [0.29, 0.717) is 15.9 Å². The van der Waals surface area contributed by atoms with Crippen molar-refractivity contribution in [1.82, 2.24) is 4.90 Å². The molecule has 1 aromatic rings. The molecule has 1 saturated carbocycles. The largest absolute Gasteiger partial charge is 0.381 e. The summed E-state index contributed by atoms with van der Waals surface area (Å²) in [4.78, 5) is 15.1. The summed E-state index contributed by atoms with van der Waals surface area (Å²) in [6.07, 6.45) is 7.76. The Balaban J connectivity index is 1.41. The lowest BCUT2D eigenvalue weighted by Gasteiger charge is -2.44. The van der Waals surface area contributed by atoms with E-state index in [1.807, 2.05) is 4.90 Å². The van der Waals surface area contributed by atoms with Crippen LogP contribution in [0.2, 0.25) is 0 Å². The van der Waals surface area contributed by atoms with Crippen molar-refractivity contribution < 1.29 is 17.9 Å². The highest BCUT2D eigenvalue weighted by atomic mass is 32.2. The number of piperidine rings is 1. The summed E-state index contributed by atoms with van der Waals surface area (Å²) >= 11 is 0. The molecule has 6 heteroatoms. The molecule has 5 nitrogen and oxygen atoms in total. The number of carbonyl (C=O) groups excluding carboxylic acids is 1. The van der Waals surface area contributed by atoms with Crippen LogP contribution < -0.4 is 0 Å². The third-order valence-corrected chi connectivity index (χ3v) is 9.11. The quantitative estimate of drug-likeness (QED) is 0.792. The Morgan fingerprint density at radius 2 is 1.56 bits per heavy atom. The van der Waals surface area contributed by atoms with Gasteiger partial charge in [0.05, 0.1) is 10.1 Å². The molecule has 0 N–H and O–H groups in total. The number of ether oxygens (including phenoxy) is 1. The predicted octanol–water partition coefficient (Wildman–Crippen LogP) is 3.44. The maximum atomic E-state index is 12.8. The summed E-state index contributed by atoms with van der Waals surface area (Å²) in [7, 11) is -3.26. The number of benzene rings is 1. The van der Waals surface area contributed by atoms with E-state index in [1.165, 1.54) is 0 Å². The van der Waals surface area contributed by atoms with Crippen LogP contribution in [0.25, 0.3) is 0 Å². The van der Waals surface area contributed by atoms with Crippen LogP contribution in [0, 0.1) is 5.41 Å². The highest BCUT2D eigenvalue weighted by molar-refractivity contribution is 7.92.